The highest BCUT2D eigenvalue weighted by Crippen LogP contribution is 2.26. The molecule has 4 unspecified atom stereocenters. The number of nitrogens with zero attached hydrogens (tertiary/aromatic N) is 1. The van der Waals surface area contributed by atoms with Crippen molar-refractivity contribution >= 4 is 23.7 Å². The molecule has 1 aromatic carbocycles. The lowest BCUT2D eigenvalue weighted by atomic mass is 9.84. The predicted molar refractivity (Wildman–Crippen MR) is 143 cm³/mol. The van der Waals surface area contributed by atoms with Gasteiger partial charge in [0.1, 0.15) is 23.9 Å². The first-order valence-corrected chi connectivity index (χ1v) is 13.1. The van der Waals surface area contributed by atoms with E-state index >= 15 is 0 Å². The van der Waals surface area contributed by atoms with Crippen LogP contribution < -0.4 is 15.4 Å². The second kappa shape index (κ2) is 13.1. The van der Waals surface area contributed by atoms with Gasteiger partial charge in [-0.3, -0.25) is 19.2 Å². The fourth-order valence-electron chi connectivity index (χ4n) is 4.61. The summed E-state index contributed by atoms with van der Waals surface area (Å²) < 4.78 is 16.0. The molecule has 1 saturated heterocycles. The largest absolute Gasteiger partial charge is 0.496 e. The number of ether oxygens (including phenoxy) is 3. The maximum atomic E-state index is 14.1. The molecule has 0 spiro atoms. The molecule has 1 aromatic rings. The third-order valence-corrected chi connectivity index (χ3v) is 6.59. The molecule has 10 nitrogen and oxygen atoms in total. The third-order valence-electron chi connectivity index (χ3n) is 6.59. The van der Waals surface area contributed by atoms with Gasteiger partial charge < -0.3 is 29.7 Å². The highest BCUT2D eigenvalue weighted by molar-refractivity contribution is 6.00. The van der Waals surface area contributed by atoms with Crippen LogP contribution in [0.25, 0.3) is 0 Å². The van der Waals surface area contributed by atoms with Gasteiger partial charge >= 0.3 is 5.97 Å². The van der Waals surface area contributed by atoms with Gasteiger partial charge in [-0.25, -0.2) is 0 Å². The number of methoxy groups -OCH3 is 1. The van der Waals surface area contributed by atoms with Crippen LogP contribution in [0.15, 0.2) is 18.2 Å². The number of amides is 3. The molecule has 38 heavy (non-hydrogen) atoms. The average Bonchev–Trinajstić information content (AvgIpc) is 3.17. The molecule has 4 atom stereocenters. The number of hydrogen-bond acceptors (Lipinski definition) is 7. The van der Waals surface area contributed by atoms with E-state index < -0.39 is 47.6 Å². The second-order valence-electron chi connectivity index (χ2n) is 10.8. The minimum atomic E-state index is -0.919. The van der Waals surface area contributed by atoms with E-state index in [4.69, 9.17) is 14.2 Å². The molecule has 2 rings (SSSR count). The van der Waals surface area contributed by atoms with E-state index in [9.17, 15) is 19.2 Å². The van der Waals surface area contributed by atoms with Crippen molar-refractivity contribution in [1.82, 2.24) is 15.5 Å². The zero-order chi connectivity index (χ0) is 28.8. The molecule has 1 aliphatic heterocycles. The van der Waals surface area contributed by atoms with Gasteiger partial charge in [0, 0.05) is 23.8 Å². The summed E-state index contributed by atoms with van der Waals surface area (Å²) in [5, 5.41) is 5.76. The number of rotatable bonds is 11. The normalized spacial score (nSPS) is 18.9. The number of carbonyl (C=O) groups is 4. The van der Waals surface area contributed by atoms with E-state index in [1.54, 1.807) is 32.0 Å². The number of hydrogen-bond donors (Lipinski definition) is 2. The first-order chi connectivity index (χ1) is 17.8. The minimum absolute atomic E-state index is 0.0109. The molecule has 0 aliphatic carbocycles. The van der Waals surface area contributed by atoms with Crippen LogP contribution in [0.5, 0.6) is 5.75 Å². The lowest BCUT2D eigenvalue weighted by molar-refractivity contribution is -0.164. The van der Waals surface area contributed by atoms with Crippen molar-refractivity contribution in [2.24, 2.45) is 5.41 Å². The number of esters is 1. The molecule has 0 radical (unpaired) electrons. The Morgan fingerprint density at radius 3 is 2.37 bits per heavy atom. The standard InChI is InChI=1S/C28H43N3O7/c1-10-20(25(34)29-19-15-22(32)38-27(19)37-11-2)31(16(3)4)26(35)23(28(6,7)8)30-24(33)18-13-12-14-21(36-9)17(18)5/h12-14,16,19-20,23,27H,10-11,15H2,1-9H3,(H,29,34)(H,30,33). The highest BCUT2D eigenvalue weighted by Gasteiger charge is 2.43. The zero-order valence-electron chi connectivity index (χ0n) is 24.0. The molecular formula is C28H43N3O7. The molecule has 1 aliphatic rings. The maximum absolute atomic E-state index is 14.1. The molecule has 212 valence electrons. The first kappa shape index (κ1) is 31.1. The Labute approximate surface area is 225 Å². The van der Waals surface area contributed by atoms with Crippen LogP contribution in [0.1, 0.15) is 77.2 Å². The Balaban J connectivity index is 2.34. The van der Waals surface area contributed by atoms with Crippen LogP contribution in [-0.2, 0) is 23.9 Å². The summed E-state index contributed by atoms with van der Waals surface area (Å²) in [5.41, 5.74) is 0.407. The lowest BCUT2D eigenvalue weighted by Gasteiger charge is -2.40. The number of benzene rings is 1. The van der Waals surface area contributed by atoms with Crippen LogP contribution in [0, 0.1) is 12.3 Å². The number of cyclic esters (lactones) is 1. The van der Waals surface area contributed by atoms with E-state index in [-0.39, 0.29) is 18.4 Å². The fourth-order valence-corrected chi connectivity index (χ4v) is 4.61. The van der Waals surface area contributed by atoms with E-state index in [1.165, 1.54) is 12.0 Å². The van der Waals surface area contributed by atoms with E-state index in [0.717, 1.165) is 0 Å². The molecule has 1 heterocycles. The number of nitrogens with one attached hydrogen (secondary N) is 2. The van der Waals surface area contributed by atoms with Crippen molar-refractivity contribution in [2.45, 2.75) is 98.7 Å². The SMILES string of the molecule is CCOC1OC(=O)CC1NC(=O)C(CC)N(C(=O)C(NC(=O)c1cccc(OC)c1C)C(C)(C)C)C(C)C. The van der Waals surface area contributed by atoms with Crippen molar-refractivity contribution in [1.29, 1.82) is 0 Å². The summed E-state index contributed by atoms with van der Waals surface area (Å²) in [6.45, 7) is 14.9. The van der Waals surface area contributed by atoms with Crippen LogP contribution in [0.2, 0.25) is 0 Å². The Morgan fingerprint density at radius 2 is 1.84 bits per heavy atom. The van der Waals surface area contributed by atoms with Crippen molar-refractivity contribution in [3.63, 3.8) is 0 Å². The van der Waals surface area contributed by atoms with Crippen molar-refractivity contribution in [2.75, 3.05) is 13.7 Å². The monoisotopic (exact) mass is 533 g/mol. The van der Waals surface area contributed by atoms with E-state index in [2.05, 4.69) is 10.6 Å². The van der Waals surface area contributed by atoms with Gasteiger partial charge in [0.15, 0.2) is 0 Å². The molecule has 0 saturated carbocycles. The summed E-state index contributed by atoms with van der Waals surface area (Å²) >= 11 is 0. The third kappa shape index (κ3) is 7.24. The molecule has 10 heteroatoms. The maximum Gasteiger partial charge on any atom is 0.310 e. The van der Waals surface area contributed by atoms with Gasteiger partial charge in [0.05, 0.1) is 13.5 Å². The molecule has 3 amide bonds. The van der Waals surface area contributed by atoms with Crippen molar-refractivity contribution in [3.05, 3.63) is 29.3 Å². The van der Waals surface area contributed by atoms with Crippen molar-refractivity contribution < 1.29 is 33.4 Å². The second-order valence-corrected chi connectivity index (χ2v) is 10.8. The van der Waals surface area contributed by atoms with Gasteiger partial charge in [-0.15, -0.1) is 0 Å². The van der Waals surface area contributed by atoms with Gasteiger partial charge in [-0.2, -0.15) is 0 Å². The number of carbonyl (C=O) groups excluding carboxylic acids is 4. The summed E-state index contributed by atoms with van der Waals surface area (Å²) in [6.07, 6.45) is -0.552. The Morgan fingerprint density at radius 1 is 1.18 bits per heavy atom. The quantitative estimate of drug-likeness (QED) is 0.419. The summed E-state index contributed by atoms with van der Waals surface area (Å²) in [5.74, 6) is -1.07. The zero-order valence-corrected chi connectivity index (χ0v) is 24.0. The topological polar surface area (TPSA) is 123 Å². The molecule has 0 bridgehead atoms. The average molecular weight is 534 g/mol. The summed E-state index contributed by atoms with van der Waals surface area (Å²) in [6, 6.07) is 2.42. The van der Waals surface area contributed by atoms with E-state index in [1.807, 2.05) is 41.5 Å². The van der Waals surface area contributed by atoms with Crippen LogP contribution in [-0.4, -0.2) is 72.8 Å². The van der Waals surface area contributed by atoms with Crippen LogP contribution >= 0.6 is 0 Å². The van der Waals surface area contributed by atoms with Crippen molar-refractivity contribution in [3.8, 4) is 5.75 Å². The minimum Gasteiger partial charge on any atom is -0.496 e. The molecule has 0 aromatic heterocycles. The smallest absolute Gasteiger partial charge is 0.310 e. The van der Waals surface area contributed by atoms with Gasteiger partial charge in [0.2, 0.25) is 18.1 Å². The Bertz CT molecular complexity index is 1020. The predicted octanol–water partition coefficient (Wildman–Crippen LogP) is 2.96. The molecular weight excluding hydrogens is 490 g/mol. The van der Waals surface area contributed by atoms with Gasteiger partial charge in [0.25, 0.3) is 5.91 Å². The first-order valence-electron chi connectivity index (χ1n) is 13.1. The van der Waals surface area contributed by atoms with E-state index in [0.29, 0.717) is 29.9 Å². The summed E-state index contributed by atoms with van der Waals surface area (Å²) in [4.78, 5) is 54.2. The highest BCUT2D eigenvalue weighted by atomic mass is 16.7. The van der Waals surface area contributed by atoms with Gasteiger partial charge in [-0.05, 0) is 51.7 Å². The van der Waals surface area contributed by atoms with Crippen LogP contribution in [0.4, 0.5) is 0 Å². The summed E-state index contributed by atoms with van der Waals surface area (Å²) in [7, 11) is 1.53. The lowest BCUT2D eigenvalue weighted by Crippen LogP contribution is -2.61. The fraction of sp³-hybridized carbons (Fsp3) is 0.643. The Hall–Kier alpha value is -3.14. The van der Waals surface area contributed by atoms with Crippen LogP contribution in [0.3, 0.4) is 0 Å². The Kier molecular flexibility index (Phi) is 10.7. The van der Waals surface area contributed by atoms with Gasteiger partial charge in [-0.1, -0.05) is 33.8 Å². The molecule has 2 N–H and O–H groups in total. The molecule has 1 fully saturated rings.